The fourth-order valence-electron chi connectivity index (χ4n) is 1.21. The minimum atomic E-state index is -0.373. The van der Waals surface area contributed by atoms with E-state index in [1.807, 2.05) is 0 Å². The quantitative estimate of drug-likeness (QED) is 0.761. The van der Waals surface area contributed by atoms with Crippen LogP contribution < -0.4 is 5.73 Å². The summed E-state index contributed by atoms with van der Waals surface area (Å²) in [4.78, 5) is 0. The Morgan fingerprint density at radius 1 is 1.36 bits per heavy atom. The number of benzene rings is 1. The molecular weight excluding hydrogens is 205 g/mol. The molecule has 1 heterocycles. The summed E-state index contributed by atoms with van der Waals surface area (Å²) < 4.78 is 13.4. The lowest BCUT2D eigenvalue weighted by Gasteiger charge is -2.01. The van der Waals surface area contributed by atoms with Crippen LogP contribution in [0.15, 0.2) is 24.4 Å². The monoisotopic (exact) mass is 211 g/mol. The van der Waals surface area contributed by atoms with Crippen molar-refractivity contribution in [2.24, 2.45) is 0 Å². The van der Waals surface area contributed by atoms with Crippen LogP contribution in [0.25, 0.3) is 11.1 Å². The predicted molar refractivity (Wildman–Crippen MR) is 53.4 cm³/mol. The average molecular weight is 212 g/mol. The smallest absolute Gasteiger partial charge is 0.131 e. The molecule has 0 bridgehead atoms. The molecule has 2 aromatic rings. The van der Waals surface area contributed by atoms with Gasteiger partial charge in [-0.2, -0.15) is 5.10 Å². The van der Waals surface area contributed by atoms with Crippen LogP contribution in [0.1, 0.15) is 0 Å². The Morgan fingerprint density at radius 2 is 2.14 bits per heavy atom. The number of nitrogens with zero attached hydrogens (tertiary/aromatic N) is 1. The SMILES string of the molecule is Nc1[nH]ncc1-c1cc(Cl)ccc1F. The molecule has 2 rings (SSSR count). The molecule has 0 fully saturated rings. The molecule has 3 N–H and O–H groups in total. The predicted octanol–water partition coefficient (Wildman–Crippen LogP) is 2.45. The molecule has 0 saturated heterocycles. The molecule has 1 aromatic heterocycles. The number of aromatic amines is 1. The van der Waals surface area contributed by atoms with Crippen LogP contribution in [0.4, 0.5) is 10.2 Å². The third kappa shape index (κ3) is 1.44. The van der Waals surface area contributed by atoms with E-state index in [1.54, 1.807) is 0 Å². The van der Waals surface area contributed by atoms with Crippen LogP contribution in [0.2, 0.25) is 5.02 Å². The lowest BCUT2D eigenvalue weighted by Crippen LogP contribution is -1.89. The second-order valence-electron chi connectivity index (χ2n) is 2.82. The summed E-state index contributed by atoms with van der Waals surface area (Å²) in [5.74, 6) is -0.0475. The average Bonchev–Trinajstić information content (AvgIpc) is 2.56. The van der Waals surface area contributed by atoms with Gasteiger partial charge in [-0.3, -0.25) is 5.10 Å². The fourth-order valence-corrected chi connectivity index (χ4v) is 1.39. The van der Waals surface area contributed by atoms with Gasteiger partial charge in [0.25, 0.3) is 0 Å². The van der Waals surface area contributed by atoms with Gasteiger partial charge < -0.3 is 5.73 Å². The molecule has 0 aliphatic heterocycles. The minimum absolute atomic E-state index is 0.325. The Morgan fingerprint density at radius 3 is 2.79 bits per heavy atom. The highest BCUT2D eigenvalue weighted by Crippen LogP contribution is 2.28. The van der Waals surface area contributed by atoms with Crippen molar-refractivity contribution in [3.63, 3.8) is 0 Å². The number of nitrogen functional groups attached to an aromatic ring is 1. The zero-order valence-electron chi connectivity index (χ0n) is 7.09. The molecule has 0 radical (unpaired) electrons. The molecule has 0 unspecified atom stereocenters. The van der Waals surface area contributed by atoms with Gasteiger partial charge in [-0.1, -0.05) is 11.6 Å². The first kappa shape index (κ1) is 9.02. The van der Waals surface area contributed by atoms with Crippen molar-refractivity contribution in [2.75, 3.05) is 5.73 Å². The Bertz CT molecular complexity index is 467. The van der Waals surface area contributed by atoms with Crippen molar-refractivity contribution in [2.45, 2.75) is 0 Å². The number of nitrogens with two attached hydrogens (primary N) is 1. The number of H-pyrrole nitrogens is 1. The number of nitrogens with one attached hydrogen (secondary N) is 1. The fraction of sp³-hybridized carbons (Fsp3) is 0. The van der Waals surface area contributed by atoms with E-state index in [4.69, 9.17) is 17.3 Å². The van der Waals surface area contributed by atoms with E-state index in [-0.39, 0.29) is 5.82 Å². The van der Waals surface area contributed by atoms with Gasteiger partial charge in [0.2, 0.25) is 0 Å². The van der Waals surface area contributed by atoms with E-state index >= 15 is 0 Å². The number of hydrogen-bond donors (Lipinski definition) is 2. The largest absolute Gasteiger partial charge is 0.384 e. The third-order valence-corrected chi connectivity index (χ3v) is 2.12. The first-order valence-corrected chi connectivity index (χ1v) is 4.30. The summed E-state index contributed by atoms with van der Waals surface area (Å²) in [5.41, 5.74) is 6.43. The number of aromatic nitrogens is 2. The lowest BCUT2D eigenvalue weighted by molar-refractivity contribution is 0.631. The topological polar surface area (TPSA) is 54.7 Å². The molecule has 72 valence electrons. The molecular formula is C9H7ClFN3. The summed E-state index contributed by atoms with van der Waals surface area (Å²) in [5, 5.41) is 6.70. The van der Waals surface area contributed by atoms with Crippen molar-refractivity contribution in [1.29, 1.82) is 0 Å². The van der Waals surface area contributed by atoms with E-state index in [2.05, 4.69) is 10.2 Å². The van der Waals surface area contributed by atoms with Crippen molar-refractivity contribution < 1.29 is 4.39 Å². The summed E-state index contributed by atoms with van der Waals surface area (Å²) in [6.07, 6.45) is 1.46. The molecule has 5 heteroatoms. The lowest BCUT2D eigenvalue weighted by atomic mass is 10.1. The van der Waals surface area contributed by atoms with Gasteiger partial charge in [0.05, 0.1) is 6.20 Å². The normalized spacial score (nSPS) is 10.4. The van der Waals surface area contributed by atoms with E-state index < -0.39 is 0 Å². The number of anilines is 1. The van der Waals surface area contributed by atoms with E-state index in [0.717, 1.165) is 0 Å². The van der Waals surface area contributed by atoms with Crippen LogP contribution in [0, 0.1) is 5.82 Å². The molecule has 0 saturated carbocycles. The highest BCUT2D eigenvalue weighted by atomic mass is 35.5. The first-order valence-electron chi connectivity index (χ1n) is 3.93. The van der Waals surface area contributed by atoms with Crippen LogP contribution >= 0.6 is 11.6 Å². The van der Waals surface area contributed by atoms with Gasteiger partial charge in [0.1, 0.15) is 11.6 Å². The summed E-state index contributed by atoms with van der Waals surface area (Å²) in [6, 6.07) is 4.29. The van der Waals surface area contributed by atoms with Crippen molar-refractivity contribution in [1.82, 2.24) is 10.2 Å². The Kier molecular flexibility index (Phi) is 2.13. The molecule has 14 heavy (non-hydrogen) atoms. The highest BCUT2D eigenvalue weighted by molar-refractivity contribution is 6.30. The standard InChI is InChI=1S/C9H7ClFN3/c10-5-1-2-8(11)6(3-5)7-4-13-14-9(7)12/h1-4H,(H3,12,13,14). The van der Waals surface area contributed by atoms with E-state index in [9.17, 15) is 4.39 Å². The van der Waals surface area contributed by atoms with Gasteiger partial charge in [-0.05, 0) is 18.2 Å². The number of rotatable bonds is 1. The van der Waals surface area contributed by atoms with Gasteiger partial charge in [-0.15, -0.1) is 0 Å². The number of hydrogen-bond acceptors (Lipinski definition) is 2. The summed E-state index contributed by atoms with van der Waals surface area (Å²) in [6.45, 7) is 0. The first-order chi connectivity index (χ1) is 6.68. The molecule has 0 amide bonds. The van der Waals surface area contributed by atoms with Crippen LogP contribution in [-0.4, -0.2) is 10.2 Å². The van der Waals surface area contributed by atoms with E-state index in [1.165, 1.54) is 24.4 Å². The maximum Gasteiger partial charge on any atom is 0.131 e. The zero-order chi connectivity index (χ0) is 10.1. The van der Waals surface area contributed by atoms with E-state index in [0.29, 0.717) is 22.0 Å². The number of halogens is 2. The molecule has 1 aromatic carbocycles. The Labute approximate surface area is 84.7 Å². The van der Waals surface area contributed by atoms with Crippen molar-refractivity contribution in [3.8, 4) is 11.1 Å². The molecule has 0 aliphatic rings. The van der Waals surface area contributed by atoms with Gasteiger partial charge >= 0.3 is 0 Å². The maximum atomic E-state index is 13.4. The van der Waals surface area contributed by atoms with Gasteiger partial charge in [-0.25, -0.2) is 4.39 Å². The van der Waals surface area contributed by atoms with Crippen LogP contribution in [0.5, 0.6) is 0 Å². The second kappa shape index (κ2) is 3.31. The van der Waals surface area contributed by atoms with Crippen LogP contribution in [-0.2, 0) is 0 Å². The van der Waals surface area contributed by atoms with Gasteiger partial charge in [0.15, 0.2) is 0 Å². The molecule has 3 nitrogen and oxygen atoms in total. The second-order valence-corrected chi connectivity index (χ2v) is 3.26. The zero-order valence-corrected chi connectivity index (χ0v) is 7.85. The highest BCUT2D eigenvalue weighted by Gasteiger charge is 2.10. The van der Waals surface area contributed by atoms with Gasteiger partial charge in [0, 0.05) is 16.1 Å². The Balaban J connectivity index is 2.62. The third-order valence-electron chi connectivity index (χ3n) is 1.89. The maximum absolute atomic E-state index is 13.4. The molecule has 0 spiro atoms. The minimum Gasteiger partial charge on any atom is -0.384 e. The molecule has 0 aliphatic carbocycles. The summed E-state index contributed by atoms with van der Waals surface area (Å²) in [7, 11) is 0. The van der Waals surface area contributed by atoms with Crippen molar-refractivity contribution >= 4 is 17.4 Å². The Hall–Kier alpha value is -1.55. The summed E-state index contributed by atoms with van der Waals surface area (Å²) >= 11 is 5.75. The van der Waals surface area contributed by atoms with Crippen LogP contribution in [0.3, 0.4) is 0 Å². The van der Waals surface area contributed by atoms with Crippen molar-refractivity contribution in [3.05, 3.63) is 35.2 Å². The molecule has 0 atom stereocenters.